The molecule has 4 heteroatoms. The number of likely N-dealkylation sites (N-methyl/N-ethyl adjacent to an activating group) is 1. The molecule has 0 saturated heterocycles. The summed E-state index contributed by atoms with van der Waals surface area (Å²) in [5.41, 5.74) is 5.84. The molecule has 1 amide bonds. The lowest BCUT2D eigenvalue weighted by atomic mass is 10.0. The summed E-state index contributed by atoms with van der Waals surface area (Å²) >= 11 is 0. The highest BCUT2D eigenvalue weighted by Gasteiger charge is 2.11. The van der Waals surface area contributed by atoms with E-state index in [4.69, 9.17) is 4.98 Å². The van der Waals surface area contributed by atoms with Crippen molar-refractivity contribution in [2.45, 2.75) is 26.7 Å². The second kappa shape index (κ2) is 6.79. The van der Waals surface area contributed by atoms with Crippen molar-refractivity contribution < 1.29 is 4.79 Å². The molecule has 3 aromatic rings. The second-order valence-electron chi connectivity index (χ2n) is 5.89. The Balaban J connectivity index is 2.12. The van der Waals surface area contributed by atoms with Crippen LogP contribution in [0.2, 0.25) is 0 Å². The summed E-state index contributed by atoms with van der Waals surface area (Å²) in [5.74, 6) is -0.0159. The molecule has 0 aliphatic heterocycles. The number of rotatable bonds is 4. The van der Waals surface area contributed by atoms with E-state index in [9.17, 15) is 4.79 Å². The fraction of sp³-hybridized carbons (Fsp3) is 0.250. The van der Waals surface area contributed by atoms with Gasteiger partial charge in [-0.05, 0) is 42.2 Å². The summed E-state index contributed by atoms with van der Waals surface area (Å²) in [6.45, 7) is 4.18. The van der Waals surface area contributed by atoms with Gasteiger partial charge in [-0.1, -0.05) is 31.2 Å². The lowest BCUT2D eigenvalue weighted by Gasteiger charge is -2.10. The van der Waals surface area contributed by atoms with Crippen LogP contribution in [-0.2, 0) is 17.6 Å². The zero-order chi connectivity index (χ0) is 17.1. The zero-order valence-corrected chi connectivity index (χ0v) is 14.3. The van der Waals surface area contributed by atoms with Crippen molar-refractivity contribution in [2.75, 3.05) is 7.05 Å². The smallest absolute Gasteiger partial charge is 0.224 e. The van der Waals surface area contributed by atoms with Gasteiger partial charge in [-0.25, -0.2) is 4.98 Å². The van der Waals surface area contributed by atoms with E-state index in [1.165, 1.54) is 5.56 Å². The molecule has 0 fully saturated rings. The van der Waals surface area contributed by atoms with E-state index in [-0.39, 0.29) is 5.91 Å². The fourth-order valence-corrected chi connectivity index (χ4v) is 2.80. The fourth-order valence-electron chi connectivity index (χ4n) is 2.80. The number of hydrogen-bond donors (Lipinski definition) is 1. The minimum Gasteiger partial charge on any atom is -0.359 e. The van der Waals surface area contributed by atoms with Crippen molar-refractivity contribution in [3.8, 4) is 11.4 Å². The quantitative estimate of drug-likeness (QED) is 0.801. The van der Waals surface area contributed by atoms with E-state index < -0.39 is 0 Å². The number of carbonyl (C=O) groups is 1. The summed E-state index contributed by atoms with van der Waals surface area (Å²) in [6.07, 6.45) is 3.19. The summed E-state index contributed by atoms with van der Waals surface area (Å²) in [7, 11) is 1.65. The lowest BCUT2D eigenvalue weighted by molar-refractivity contribution is -0.119. The normalized spacial score (nSPS) is 10.8. The van der Waals surface area contributed by atoms with Gasteiger partial charge in [0.25, 0.3) is 0 Å². The van der Waals surface area contributed by atoms with Crippen molar-refractivity contribution in [1.29, 1.82) is 0 Å². The number of aryl methyl sites for hydroxylation is 2. The SMILES string of the molecule is CCc1ccc(-c2cc(C)c3cccc(CC(=O)NC)c3n2)nc1. The lowest BCUT2D eigenvalue weighted by Crippen LogP contribution is -2.20. The Hall–Kier alpha value is -2.75. The molecule has 1 aromatic carbocycles. The van der Waals surface area contributed by atoms with E-state index in [2.05, 4.69) is 36.3 Å². The number of carbonyl (C=O) groups excluding carboxylic acids is 1. The Morgan fingerprint density at radius 1 is 1.17 bits per heavy atom. The highest BCUT2D eigenvalue weighted by molar-refractivity contribution is 5.90. The van der Waals surface area contributed by atoms with E-state index >= 15 is 0 Å². The van der Waals surface area contributed by atoms with Crippen LogP contribution in [0, 0.1) is 6.92 Å². The van der Waals surface area contributed by atoms with Crippen LogP contribution in [0.15, 0.2) is 42.6 Å². The molecule has 0 spiro atoms. The van der Waals surface area contributed by atoms with Gasteiger partial charge in [0.2, 0.25) is 5.91 Å². The molecule has 4 nitrogen and oxygen atoms in total. The number of pyridine rings is 2. The molecular formula is C20H21N3O. The molecule has 0 bridgehead atoms. The minimum atomic E-state index is -0.0159. The Morgan fingerprint density at radius 2 is 2.00 bits per heavy atom. The molecule has 0 aliphatic carbocycles. The Kier molecular flexibility index (Phi) is 4.56. The van der Waals surface area contributed by atoms with Crippen LogP contribution in [0.4, 0.5) is 0 Å². The molecule has 2 aromatic heterocycles. The van der Waals surface area contributed by atoms with E-state index in [0.29, 0.717) is 6.42 Å². The molecule has 24 heavy (non-hydrogen) atoms. The molecule has 3 rings (SSSR count). The van der Waals surface area contributed by atoms with Gasteiger partial charge in [-0.2, -0.15) is 0 Å². The van der Waals surface area contributed by atoms with Crippen molar-refractivity contribution in [2.24, 2.45) is 0 Å². The molecule has 1 N–H and O–H groups in total. The predicted octanol–water partition coefficient (Wildman–Crippen LogP) is 3.46. The number of hydrogen-bond acceptors (Lipinski definition) is 3. The van der Waals surface area contributed by atoms with Crippen molar-refractivity contribution in [3.05, 3.63) is 59.3 Å². The van der Waals surface area contributed by atoms with E-state index in [0.717, 1.165) is 39.8 Å². The van der Waals surface area contributed by atoms with Crippen molar-refractivity contribution in [1.82, 2.24) is 15.3 Å². The van der Waals surface area contributed by atoms with Crippen LogP contribution in [-0.4, -0.2) is 22.9 Å². The van der Waals surface area contributed by atoms with Crippen molar-refractivity contribution in [3.63, 3.8) is 0 Å². The van der Waals surface area contributed by atoms with E-state index in [1.807, 2.05) is 30.5 Å². The maximum absolute atomic E-state index is 11.8. The first-order chi connectivity index (χ1) is 11.6. The topological polar surface area (TPSA) is 54.9 Å². The molecule has 0 unspecified atom stereocenters. The standard InChI is InChI=1S/C20H21N3O/c1-4-14-8-9-17(22-12-14)18-10-13(2)16-7-5-6-15(20(16)23-18)11-19(24)21-3/h5-10,12H,4,11H2,1-3H3,(H,21,24). The van der Waals surface area contributed by atoms with Gasteiger partial charge in [0.15, 0.2) is 0 Å². The maximum atomic E-state index is 11.8. The van der Waals surface area contributed by atoms with Gasteiger partial charge in [0.05, 0.1) is 23.3 Å². The average molecular weight is 319 g/mol. The largest absolute Gasteiger partial charge is 0.359 e. The van der Waals surface area contributed by atoms with Crippen LogP contribution in [0.3, 0.4) is 0 Å². The highest BCUT2D eigenvalue weighted by Crippen LogP contribution is 2.26. The van der Waals surface area contributed by atoms with Gasteiger partial charge in [0.1, 0.15) is 0 Å². The molecule has 0 saturated carbocycles. The first kappa shape index (κ1) is 16.1. The van der Waals surface area contributed by atoms with Gasteiger partial charge in [-0.15, -0.1) is 0 Å². The number of nitrogens with zero attached hydrogens (tertiary/aromatic N) is 2. The summed E-state index contributed by atoms with van der Waals surface area (Å²) in [5, 5.41) is 3.75. The van der Waals surface area contributed by atoms with Crippen LogP contribution < -0.4 is 5.32 Å². The molecule has 122 valence electrons. The number of benzene rings is 1. The number of aromatic nitrogens is 2. The summed E-state index contributed by atoms with van der Waals surface area (Å²) < 4.78 is 0. The predicted molar refractivity (Wildman–Crippen MR) is 96.9 cm³/mol. The number of fused-ring (bicyclic) bond motifs is 1. The Bertz CT molecular complexity index is 885. The van der Waals surface area contributed by atoms with E-state index in [1.54, 1.807) is 7.05 Å². The number of nitrogens with one attached hydrogen (secondary N) is 1. The average Bonchev–Trinajstić information content (AvgIpc) is 2.62. The second-order valence-corrected chi connectivity index (χ2v) is 5.89. The van der Waals surface area contributed by atoms with Gasteiger partial charge < -0.3 is 5.32 Å². The zero-order valence-electron chi connectivity index (χ0n) is 14.3. The van der Waals surface area contributed by atoms with Gasteiger partial charge in [0, 0.05) is 18.6 Å². The summed E-state index contributed by atoms with van der Waals surface area (Å²) in [4.78, 5) is 21.1. The number of para-hydroxylation sites is 1. The number of amides is 1. The monoisotopic (exact) mass is 319 g/mol. The van der Waals surface area contributed by atoms with Crippen LogP contribution in [0.1, 0.15) is 23.6 Å². The molecule has 0 aliphatic rings. The van der Waals surface area contributed by atoms with Crippen LogP contribution >= 0.6 is 0 Å². The first-order valence-corrected chi connectivity index (χ1v) is 8.17. The third-order valence-corrected chi connectivity index (χ3v) is 4.26. The van der Waals surface area contributed by atoms with Gasteiger partial charge in [-0.3, -0.25) is 9.78 Å². The van der Waals surface area contributed by atoms with Gasteiger partial charge >= 0.3 is 0 Å². The third-order valence-electron chi connectivity index (χ3n) is 4.26. The van der Waals surface area contributed by atoms with Crippen LogP contribution in [0.5, 0.6) is 0 Å². The maximum Gasteiger partial charge on any atom is 0.224 e. The third kappa shape index (κ3) is 3.13. The molecule has 0 atom stereocenters. The minimum absolute atomic E-state index is 0.0159. The molecule has 2 heterocycles. The molecular weight excluding hydrogens is 298 g/mol. The highest BCUT2D eigenvalue weighted by atomic mass is 16.1. The van der Waals surface area contributed by atoms with Crippen molar-refractivity contribution >= 4 is 16.8 Å². The first-order valence-electron chi connectivity index (χ1n) is 8.17. The summed E-state index contributed by atoms with van der Waals surface area (Å²) in [6, 6.07) is 12.1. The van der Waals surface area contributed by atoms with Crippen LogP contribution in [0.25, 0.3) is 22.3 Å². The Labute approximate surface area is 142 Å². The Morgan fingerprint density at radius 3 is 2.67 bits per heavy atom. The molecule has 0 radical (unpaired) electrons.